The number of benzene rings is 2. The predicted molar refractivity (Wildman–Crippen MR) is 137 cm³/mol. The molecule has 0 radical (unpaired) electrons. The van der Waals surface area contributed by atoms with E-state index in [1.165, 1.54) is 0 Å². The molecule has 2 amide bonds. The van der Waals surface area contributed by atoms with Gasteiger partial charge in [0, 0.05) is 43.2 Å². The molecule has 1 N–H and O–H groups in total. The van der Waals surface area contributed by atoms with Crippen molar-refractivity contribution in [3.63, 3.8) is 0 Å². The van der Waals surface area contributed by atoms with E-state index in [2.05, 4.69) is 15.4 Å². The SMILES string of the molecule is Cc1ccc(NC(=O)CN2CCN(C(=O)c3ccccc3SCC3=NOC(C)C3)CC2)c(Cl)c1. The second-order valence-electron chi connectivity index (χ2n) is 8.66. The molecule has 180 valence electrons. The fourth-order valence-electron chi connectivity index (χ4n) is 3.98. The summed E-state index contributed by atoms with van der Waals surface area (Å²) in [6.07, 6.45) is 0.953. The number of thioether (sulfide) groups is 1. The Kier molecular flexibility index (Phi) is 8.13. The summed E-state index contributed by atoms with van der Waals surface area (Å²) in [6, 6.07) is 13.3. The maximum atomic E-state index is 13.2. The number of nitrogens with zero attached hydrogens (tertiary/aromatic N) is 3. The van der Waals surface area contributed by atoms with Gasteiger partial charge in [0.1, 0.15) is 6.10 Å². The van der Waals surface area contributed by atoms with E-state index in [0.29, 0.717) is 48.2 Å². The Hall–Kier alpha value is -2.55. The number of amides is 2. The maximum absolute atomic E-state index is 13.2. The zero-order valence-corrected chi connectivity index (χ0v) is 21.0. The first-order valence-corrected chi connectivity index (χ1v) is 12.8. The van der Waals surface area contributed by atoms with Crippen LogP contribution in [0.1, 0.15) is 29.3 Å². The van der Waals surface area contributed by atoms with Gasteiger partial charge in [-0.05, 0) is 43.7 Å². The Balaban J connectivity index is 1.28. The minimum atomic E-state index is -0.111. The Morgan fingerprint density at radius 2 is 1.94 bits per heavy atom. The number of aryl methyl sites for hydroxylation is 1. The molecule has 0 aromatic heterocycles. The van der Waals surface area contributed by atoms with Crippen LogP contribution in [-0.2, 0) is 9.63 Å². The number of nitrogens with one attached hydrogen (secondary N) is 1. The van der Waals surface area contributed by atoms with Crippen LogP contribution in [-0.4, -0.2) is 71.9 Å². The highest BCUT2D eigenvalue weighted by molar-refractivity contribution is 8.00. The smallest absolute Gasteiger partial charge is 0.255 e. The first-order valence-electron chi connectivity index (χ1n) is 11.4. The lowest BCUT2D eigenvalue weighted by molar-refractivity contribution is -0.117. The van der Waals surface area contributed by atoms with Crippen molar-refractivity contribution in [3.8, 4) is 0 Å². The minimum absolute atomic E-state index is 0.0246. The van der Waals surface area contributed by atoms with Crippen LogP contribution < -0.4 is 5.32 Å². The number of halogens is 1. The predicted octanol–water partition coefficient (Wildman–Crippen LogP) is 4.30. The summed E-state index contributed by atoms with van der Waals surface area (Å²) in [5.41, 5.74) is 3.38. The van der Waals surface area contributed by atoms with Gasteiger partial charge in [0.25, 0.3) is 5.91 Å². The van der Waals surface area contributed by atoms with Crippen LogP contribution in [0.25, 0.3) is 0 Å². The Morgan fingerprint density at radius 3 is 2.65 bits per heavy atom. The van der Waals surface area contributed by atoms with Crippen LogP contribution >= 0.6 is 23.4 Å². The number of hydrogen-bond donors (Lipinski definition) is 1. The second kappa shape index (κ2) is 11.3. The molecule has 2 aliphatic rings. The molecule has 1 fully saturated rings. The molecule has 0 saturated carbocycles. The van der Waals surface area contributed by atoms with E-state index in [0.717, 1.165) is 22.6 Å². The molecule has 2 heterocycles. The minimum Gasteiger partial charge on any atom is -0.392 e. The number of hydrogen-bond acceptors (Lipinski definition) is 6. The standard InChI is InChI=1S/C25H29ClN4O3S/c1-17-7-8-22(21(26)13-17)27-24(31)15-29-9-11-30(12-10-29)25(32)20-5-3-4-6-23(20)34-16-19-14-18(2)33-28-19/h3-8,13,18H,9-12,14-16H2,1-2H3,(H,27,31). The van der Waals surface area contributed by atoms with Crippen LogP contribution in [0.5, 0.6) is 0 Å². The van der Waals surface area contributed by atoms with Crippen molar-refractivity contribution >= 4 is 46.6 Å². The van der Waals surface area contributed by atoms with Crippen molar-refractivity contribution in [2.24, 2.45) is 5.16 Å². The highest BCUT2D eigenvalue weighted by atomic mass is 35.5. The van der Waals surface area contributed by atoms with Gasteiger partial charge in [0.2, 0.25) is 5.91 Å². The Morgan fingerprint density at radius 1 is 1.18 bits per heavy atom. The van der Waals surface area contributed by atoms with Gasteiger partial charge in [-0.3, -0.25) is 14.5 Å². The van der Waals surface area contributed by atoms with Gasteiger partial charge < -0.3 is 15.1 Å². The van der Waals surface area contributed by atoms with Crippen LogP contribution in [0.4, 0.5) is 5.69 Å². The van der Waals surface area contributed by atoms with Crippen molar-refractivity contribution in [1.82, 2.24) is 9.80 Å². The summed E-state index contributed by atoms with van der Waals surface area (Å²) in [5.74, 6) is 0.625. The molecule has 34 heavy (non-hydrogen) atoms. The average molecular weight is 501 g/mol. The molecule has 1 atom stereocenters. The lowest BCUT2D eigenvalue weighted by Crippen LogP contribution is -2.50. The Labute approximate surface area is 209 Å². The normalized spacial score (nSPS) is 18.4. The number of anilines is 1. The van der Waals surface area contributed by atoms with E-state index in [1.54, 1.807) is 11.8 Å². The van der Waals surface area contributed by atoms with Crippen molar-refractivity contribution in [2.75, 3.05) is 43.8 Å². The van der Waals surface area contributed by atoms with Gasteiger partial charge in [0.15, 0.2) is 0 Å². The summed E-state index contributed by atoms with van der Waals surface area (Å²) < 4.78 is 0. The van der Waals surface area contributed by atoms with Crippen LogP contribution in [0.3, 0.4) is 0 Å². The van der Waals surface area contributed by atoms with Gasteiger partial charge in [0.05, 0.1) is 28.5 Å². The number of oxime groups is 1. The molecule has 0 aliphatic carbocycles. The first-order chi connectivity index (χ1) is 16.4. The van der Waals surface area contributed by atoms with Crippen LogP contribution in [0, 0.1) is 6.92 Å². The number of rotatable bonds is 7. The molecular formula is C25H29ClN4O3S. The van der Waals surface area contributed by atoms with Crippen LogP contribution in [0.15, 0.2) is 52.5 Å². The Bertz CT molecular complexity index is 1090. The topological polar surface area (TPSA) is 74.2 Å². The largest absolute Gasteiger partial charge is 0.392 e. The van der Waals surface area contributed by atoms with Gasteiger partial charge in [-0.1, -0.05) is 35.0 Å². The van der Waals surface area contributed by atoms with Crippen molar-refractivity contribution < 1.29 is 14.4 Å². The van der Waals surface area contributed by atoms with Gasteiger partial charge in [-0.25, -0.2) is 0 Å². The molecule has 1 saturated heterocycles. The highest BCUT2D eigenvalue weighted by Gasteiger charge is 2.25. The van der Waals surface area contributed by atoms with E-state index < -0.39 is 0 Å². The monoisotopic (exact) mass is 500 g/mol. The lowest BCUT2D eigenvalue weighted by atomic mass is 10.1. The van der Waals surface area contributed by atoms with E-state index in [1.807, 2.05) is 61.2 Å². The lowest BCUT2D eigenvalue weighted by Gasteiger charge is -2.34. The maximum Gasteiger partial charge on any atom is 0.255 e. The highest BCUT2D eigenvalue weighted by Crippen LogP contribution is 2.26. The fourth-order valence-corrected chi connectivity index (χ4v) is 5.24. The molecule has 2 aliphatic heterocycles. The van der Waals surface area contributed by atoms with E-state index in [-0.39, 0.29) is 24.5 Å². The summed E-state index contributed by atoms with van der Waals surface area (Å²) in [6.45, 7) is 6.66. The summed E-state index contributed by atoms with van der Waals surface area (Å²) >= 11 is 7.84. The third-order valence-corrected chi connectivity index (χ3v) is 7.28. The molecule has 1 unspecified atom stereocenters. The molecule has 0 spiro atoms. The summed E-state index contributed by atoms with van der Waals surface area (Å²) in [4.78, 5) is 35.9. The summed E-state index contributed by atoms with van der Waals surface area (Å²) in [5, 5.41) is 7.53. The molecule has 9 heteroatoms. The molecule has 7 nitrogen and oxygen atoms in total. The van der Waals surface area contributed by atoms with Crippen molar-refractivity contribution in [1.29, 1.82) is 0 Å². The quantitative estimate of drug-likeness (QED) is 0.574. The number of carbonyl (C=O) groups excluding carboxylic acids is 2. The van der Waals surface area contributed by atoms with Gasteiger partial charge >= 0.3 is 0 Å². The zero-order valence-electron chi connectivity index (χ0n) is 19.4. The van der Waals surface area contributed by atoms with Crippen LogP contribution in [0.2, 0.25) is 5.02 Å². The van der Waals surface area contributed by atoms with E-state index >= 15 is 0 Å². The second-order valence-corrected chi connectivity index (χ2v) is 10.1. The van der Waals surface area contributed by atoms with E-state index in [4.69, 9.17) is 16.4 Å². The molecular weight excluding hydrogens is 472 g/mol. The fraction of sp³-hybridized carbons (Fsp3) is 0.400. The molecule has 0 bridgehead atoms. The first kappa shape index (κ1) is 24.6. The van der Waals surface area contributed by atoms with Crippen molar-refractivity contribution in [3.05, 3.63) is 58.6 Å². The number of piperazine rings is 1. The van der Waals surface area contributed by atoms with Gasteiger partial charge in [-0.2, -0.15) is 0 Å². The molecule has 4 rings (SSSR count). The third-order valence-electron chi connectivity index (χ3n) is 5.82. The third kappa shape index (κ3) is 6.31. The van der Waals surface area contributed by atoms with E-state index in [9.17, 15) is 9.59 Å². The zero-order chi connectivity index (χ0) is 24.1. The van der Waals surface area contributed by atoms with Gasteiger partial charge in [-0.15, -0.1) is 11.8 Å². The average Bonchev–Trinajstić information content (AvgIpc) is 3.25. The van der Waals surface area contributed by atoms with Crippen molar-refractivity contribution in [2.45, 2.75) is 31.3 Å². The molecule has 2 aromatic rings. The molecule has 2 aromatic carbocycles. The summed E-state index contributed by atoms with van der Waals surface area (Å²) in [7, 11) is 0. The number of carbonyl (C=O) groups is 2.